The van der Waals surface area contributed by atoms with Crippen molar-refractivity contribution < 1.29 is 19.1 Å². The molecule has 186 valence electrons. The van der Waals surface area contributed by atoms with Gasteiger partial charge in [-0.1, -0.05) is 30.3 Å². The van der Waals surface area contributed by atoms with Crippen molar-refractivity contribution in [1.82, 2.24) is 20.1 Å². The van der Waals surface area contributed by atoms with Crippen LogP contribution in [-0.4, -0.2) is 67.3 Å². The summed E-state index contributed by atoms with van der Waals surface area (Å²) in [6.07, 6.45) is 0.891. The summed E-state index contributed by atoms with van der Waals surface area (Å²) in [5.74, 6) is 0.267. The average Bonchev–Trinajstić information content (AvgIpc) is 3.14. The highest BCUT2D eigenvalue weighted by Crippen LogP contribution is 2.28. The number of carbonyl (C=O) groups excluding carboxylic acids is 2. The van der Waals surface area contributed by atoms with Gasteiger partial charge in [-0.3, -0.25) is 14.5 Å². The third-order valence-electron chi connectivity index (χ3n) is 6.43. The Hall–Kier alpha value is -3.36. The Labute approximate surface area is 206 Å². The van der Waals surface area contributed by atoms with Crippen molar-refractivity contribution in [2.75, 3.05) is 46.0 Å². The molecule has 1 aromatic heterocycles. The number of amides is 2. The Morgan fingerprint density at radius 2 is 1.83 bits per heavy atom. The van der Waals surface area contributed by atoms with Crippen LogP contribution in [0.15, 0.2) is 48.5 Å². The first kappa shape index (κ1) is 24.8. The highest BCUT2D eigenvalue weighted by Gasteiger charge is 2.19. The third kappa shape index (κ3) is 6.41. The van der Waals surface area contributed by atoms with E-state index in [0.29, 0.717) is 24.4 Å². The molecule has 1 aliphatic rings. The molecule has 0 unspecified atom stereocenters. The molecule has 0 bridgehead atoms. The molecule has 0 aliphatic carbocycles. The van der Waals surface area contributed by atoms with Gasteiger partial charge in [0.05, 0.1) is 18.8 Å². The number of fused-ring (bicyclic) bond motifs is 1. The number of aromatic nitrogens is 1. The summed E-state index contributed by atoms with van der Waals surface area (Å²) in [5.41, 5.74) is 3.51. The van der Waals surface area contributed by atoms with Crippen molar-refractivity contribution in [2.24, 2.45) is 7.05 Å². The second-order valence-corrected chi connectivity index (χ2v) is 8.81. The molecule has 8 heteroatoms. The second-order valence-electron chi connectivity index (χ2n) is 8.81. The topological polar surface area (TPSA) is 84.8 Å². The van der Waals surface area contributed by atoms with Crippen LogP contribution in [0.25, 0.3) is 10.9 Å². The molecule has 1 saturated heterocycles. The van der Waals surface area contributed by atoms with Gasteiger partial charge in [-0.2, -0.15) is 0 Å². The lowest BCUT2D eigenvalue weighted by atomic mass is 10.1. The molecule has 35 heavy (non-hydrogen) atoms. The lowest BCUT2D eigenvalue weighted by Gasteiger charge is -2.26. The predicted molar refractivity (Wildman–Crippen MR) is 136 cm³/mol. The fourth-order valence-corrected chi connectivity index (χ4v) is 4.34. The van der Waals surface area contributed by atoms with E-state index in [1.54, 1.807) is 0 Å². The number of hydrogen-bond donors (Lipinski definition) is 2. The fraction of sp³-hybridized carbons (Fsp3) is 0.407. The largest absolute Gasteiger partial charge is 0.484 e. The zero-order valence-corrected chi connectivity index (χ0v) is 20.5. The van der Waals surface area contributed by atoms with Crippen LogP contribution in [0, 0.1) is 6.92 Å². The van der Waals surface area contributed by atoms with Gasteiger partial charge in [0.15, 0.2) is 6.61 Å². The van der Waals surface area contributed by atoms with Crippen LogP contribution in [0.5, 0.6) is 5.75 Å². The van der Waals surface area contributed by atoms with Crippen LogP contribution in [0.3, 0.4) is 0 Å². The smallest absolute Gasteiger partial charge is 0.258 e. The maximum absolute atomic E-state index is 13.1. The highest BCUT2D eigenvalue weighted by molar-refractivity contribution is 6.08. The number of aryl methyl sites for hydroxylation is 1. The summed E-state index contributed by atoms with van der Waals surface area (Å²) in [6, 6.07) is 15.3. The van der Waals surface area contributed by atoms with E-state index >= 15 is 0 Å². The number of morpholine rings is 1. The van der Waals surface area contributed by atoms with Gasteiger partial charge in [0.25, 0.3) is 11.8 Å². The summed E-state index contributed by atoms with van der Waals surface area (Å²) >= 11 is 0. The van der Waals surface area contributed by atoms with E-state index in [1.165, 1.54) is 0 Å². The molecule has 8 nitrogen and oxygen atoms in total. The third-order valence-corrected chi connectivity index (χ3v) is 6.43. The molecule has 0 atom stereocenters. The van der Waals surface area contributed by atoms with E-state index in [9.17, 15) is 9.59 Å². The molecular weight excluding hydrogens is 444 g/mol. The molecule has 1 fully saturated rings. The van der Waals surface area contributed by atoms with Gasteiger partial charge >= 0.3 is 0 Å². The SMILES string of the molecule is Cc1c(C(=O)NCCCN2CCOCC2)c2cc(OCC(=O)NCc3ccccc3)ccc2n1C. The van der Waals surface area contributed by atoms with Crippen molar-refractivity contribution in [2.45, 2.75) is 19.9 Å². The van der Waals surface area contributed by atoms with Gasteiger partial charge in [0.1, 0.15) is 5.75 Å². The second kappa shape index (κ2) is 11.9. The zero-order valence-electron chi connectivity index (χ0n) is 20.5. The Balaban J connectivity index is 1.34. The Kier molecular flexibility index (Phi) is 8.39. The lowest BCUT2D eigenvalue weighted by molar-refractivity contribution is -0.123. The van der Waals surface area contributed by atoms with E-state index < -0.39 is 0 Å². The first-order valence-corrected chi connectivity index (χ1v) is 12.1. The van der Waals surface area contributed by atoms with Crippen LogP contribution in [0.1, 0.15) is 28.0 Å². The highest BCUT2D eigenvalue weighted by atomic mass is 16.5. The molecule has 2 aromatic carbocycles. The van der Waals surface area contributed by atoms with Crippen LogP contribution < -0.4 is 15.4 Å². The zero-order chi connectivity index (χ0) is 24.6. The molecule has 0 radical (unpaired) electrons. The van der Waals surface area contributed by atoms with E-state index in [4.69, 9.17) is 9.47 Å². The Bertz CT molecular complexity index is 1150. The monoisotopic (exact) mass is 478 g/mol. The van der Waals surface area contributed by atoms with Gasteiger partial charge in [0.2, 0.25) is 0 Å². The first-order valence-electron chi connectivity index (χ1n) is 12.1. The number of nitrogens with zero attached hydrogens (tertiary/aromatic N) is 2. The fourth-order valence-electron chi connectivity index (χ4n) is 4.34. The summed E-state index contributed by atoms with van der Waals surface area (Å²) in [4.78, 5) is 27.7. The van der Waals surface area contributed by atoms with Gasteiger partial charge < -0.3 is 24.7 Å². The number of ether oxygens (including phenoxy) is 2. The maximum Gasteiger partial charge on any atom is 0.258 e. The van der Waals surface area contributed by atoms with Crippen molar-refractivity contribution >= 4 is 22.7 Å². The number of rotatable bonds is 10. The number of hydrogen-bond acceptors (Lipinski definition) is 5. The number of carbonyl (C=O) groups is 2. The summed E-state index contributed by atoms with van der Waals surface area (Å²) in [7, 11) is 1.95. The van der Waals surface area contributed by atoms with Gasteiger partial charge in [-0.05, 0) is 43.7 Å². The molecule has 1 aliphatic heterocycles. The van der Waals surface area contributed by atoms with Crippen molar-refractivity contribution in [3.63, 3.8) is 0 Å². The van der Waals surface area contributed by atoms with E-state index in [0.717, 1.165) is 61.4 Å². The van der Waals surface area contributed by atoms with Crippen molar-refractivity contribution in [1.29, 1.82) is 0 Å². The minimum Gasteiger partial charge on any atom is -0.484 e. The lowest BCUT2D eigenvalue weighted by Crippen LogP contribution is -2.38. The predicted octanol–water partition coefficient (Wildman–Crippen LogP) is 2.63. The van der Waals surface area contributed by atoms with Crippen LogP contribution in [0.4, 0.5) is 0 Å². The quantitative estimate of drug-likeness (QED) is 0.438. The van der Waals surface area contributed by atoms with E-state index in [2.05, 4.69) is 15.5 Å². The minimum atomic E-state index is -0.198. The summed E-state index contributed by atoms with van der Waals surface area (Å²) in [6.45, 7) is 7.32. The Morgan fingerprint density at radius 3 is 2.60 bits per heavy atom. The maximum atomic E-state index is 13.1. The molecule has 2 heterocycles. The first-order chi connectivity index (χ1) is 17.0. The molecule has 0 saturated carbocycles. The van der Waals surface area contributed by atoms with Crippen molar-refractivity contribution in [3.8, 4) is 5.75 Å². The van der Waals surface area contributed by atoms with Gasteiger partial charge in [-0.15, -0.1) is 0 Å². The molecule has 2 N–H and O–H groups in total. The van der Waals surface area contributed by atoms with E-state index in [1.807, 2.05) is 67.1 Å². The number of nitrogens with one attached hydrogen (secondary N) is 2. The standard InChI is InChI=1S/C27H34N4O4/c1-20-26(27(33)28-11-6-12-31-13-15-34-16-14-31)23-17-22(9-10-24(23)30(20)2)35-19-25(32)29-18-21-7-4-3-5-8-21/h3-5,7-10,17H,6,11-16,18-19H2,1-2H3,(H,28,33)(H,29,32). The van der Waals surface area contributed by atoms with E-state index in [-0.39, 0.29) is 18.4 Å². The van der Waals surface area contributed by atoms with Crippen LogP contribution in [-0.2, 0) is 23.1 Å². The molecular formula is C27H34N4O4. The van der Waals surface area contributed by atoms with Crippen LogP contribution >= 0.6 is 0 Å². The normalized spacial score (nSPS) is 14.1. The average molecular weight is 479 g/mol. The molecule has 0 spiro atoms. The number of benzene rings is 2. The van der Waals surface area contributed by atoms with Gasteiger partial charge in [-0.25, -0.2) is 0 Å². The molecule has 2 amide bonds. The summed E-state index contributed by atoms with van der Waals surface area (Å²) < 4.78 is 13.1. The molecule has 3 aromatic rings. The minimum absolute atomic E-state index is 0.0900. The van der Waals surface area contributed by atoms with Crippen molar-refractivity contribution in [3.05, 3.63) is 65.4 Å². The van der Waals surface area contributed by atoms with Gasteiger partial charge in [0, 0.05) is 49.8 Å². The summed E-state index contributed by atoms with van der Waals surface area (Å²) in [5, 5.41) is 6.75. The Morgan fingerprint density at radius 1 is 1.06 bits per heavy atom. The van der Waals surface area contributed by atoms with Crippen LogP contribution in [0.2, 0.25) is 0 Å². The molecule has 4 rings (SSSR count).